The summed E-state index contributed by atoms with van der Waals surface area (Å²) in [4.78, 5) is 27.2. The van der Waals surface area contributed by atoms with Gasteiger partial charge >= 0.3 is 12.0 Å². The first kappa shape index (κ1) is 18.0. The predicted octanol–water partition coefficient (Wildman–Crippen LogP) is 2.00. The number of carboxylic acid groups (broad SMARTS) is 1. The van der Waals surface area contributed by atoms with Gasteiger partial charge in [0.2, 0.25) is 0 Å². The lowest BCUT2D eigenvalue weighted by atomic mass is 9.75. The molecule has 1 heterocycles. The molecule has 2 N–H and O–H groups in total. The molecule has 1 aliphatic heterocycles. The van der Waals surface area contributed by atoms with E-state index in [9.17, 15) is 9.59 Å². The standard InChI is InChI=1S/C17H31N3O3/c1-5-19(10-15(21)22)14-8-13(9-14)18-16(23)20-7-6-12(2)17(3,4)11-20/h12-14H,5-11H2,1-4H3,(H,18,23)(H,21,22). The Morgan fingerprint density at radius 3 is 2.52 bits per heavy atom. The van der Waals surface area contributed by atoms with E-state index in [1.54, 1.807) is 0 Å². The van der Waals surface area contributed by atoms with Crippen molar-refractivity contribution in [1.29, 1.82) is 0 Å². The summed E-state index contributed by atoms with van der Waals surface area (Å²) in [6.07, 6.45) is 2.75. The summed E-state index contributed by atoms with van der Waals surface area (Å²) in [5, 5.41) is 12.0. The van der Waals surface area contributed by atoms with Gasteiger partial charge in [0.1, 0.15) is 0 Å². The number of piperidine rings is 1. The van der Waals surface area contributed by atoms with Gasteiger partial charge in [0.25, 0.3) is 0 Å². The number of nitrogens with one attached hydrogen (secondary N) is 1. The van der Waals surface area contributed by atoms with Crippen molar-refractivity contribution < 1.29 is 14.7 Å². The topological polar surface area (TPSA) is 72.9 Å². The molecule has 1 atom stereocenters. The van der Waals surface area contributed by atoms with Crippen molar-refractivity contribution in [3.05, 3.63) is 0 Å². The van der Waals surface area contributed by atoms with Crippen LogP contribution in [0.5, 0.6) is 0 Å². The maximum atomic E-state index is 12.4. The molecule has 1 unspecified atom stereocenters. The molecule has 1 saturated heterocycles. The summed E-state index contributed by atoms with van der Waals surface area (Å²) in [7, 11) is 0. The molecular formula is C17H31N3O3. The lowest BCUT2D eigenvalue weighted by Crippen LogP contribution is -2.58. The fourth-order valence-corrected chi connectivity index (χ4v) is 3.58. The van der Waals surface area contributed by atoms with E-state index in [2.05, 4.69) is 26.1 Å². The molecule has 1 aliphatic carbocycles. The highest BCUT2D eigenvalue weighted by molar-refractivity contribution is 5.75. The van der Waals surface area contributed by atoms with E-state index in [0.717, 1.165) is 38.9 Å². The van der Waals surface area contributed by atoms with Gasteiger partial charge in [0.05, 0.1) is 6.54 Å². The number of carbonyl (C=O) groups excluding carboxylic acids is 1. The molecule has 0 aromatic heterocycles. The average Bonchev–Trinajstić information content (AvgIpc) is 2.42. The van der Waals surface area contributed by atoms with Crippen LogP contribution >= 0.6 is 0 Å². The third-order valence-electron chi connectivity index (χ3n) is 5.75. The number of likely N-dealkylation sites (tertiary alicyclic amines) is 1. The molecule has 6 nitrogen and oxygen atoms in total. The van der Waals surface area contributed by atoms with Crippen molar-refractivity contribution in [3.8, 4) is 0 Å². The lowest BCUT2D eigenvalue weighted by molar-refractivity contribution is -0.139. The Labute approximate surface area is 139 Å². The van der Waals surface area contributed by atoms with Gasteiger partial charge < -0.3 is 15.3 Å². The molecule has 2 fully saturated rings. The van der Waals surface area contributed by atoms with Crippen LogP contribution in [0.25, 0.3) is 0 Å². The summed E-state index contributed by atoms with van der Waals surface area (Å²) < 4.78 is 0. The third-order valence-corrected chi connectivity index (χ3v) is 5.75. The first-order chi connectivity index (χ1) is 10.7. The summed E-state index contributed by atoms with van der Waals surface area (Å²) in [5.74, 6) is -0.155. The Kier molecular flexibility index (Phi) is 5.55. The first-order valence-corrected chi connectivity index (χ1v) is 8.74. The van der Waals surface area contributed by atoms with E-state index in [1.165, 1.54) is 0 Å². The molecule has 23 heavy (non-hydrogen) atoms. The Bertz CT molecular complexity index is 446. The maximum absolute atomic E-state index is 12.4. The Hall–Kier alpha value is -1.30. The normalized spacial score (nSPS) is 30.0. The predicted molar refractivity (Wildman–Crippen MR) is 89.4 cm³/mol. The van der Waals surface area contributed by atoms with Gasteiger partial charge in [-0.25, -0.2) is 4.79 Å². The molecule has 0 aromatic carbocycles. The number of aliphatic carboxylic acids is 1. The van der Waals surface area contributed by atoms with Crippen molar-refractivity contribution >= 4 is 12.0 Å². The molecule has 6 heteroatoms. The number of carboxylic acids is 1. The van der Waals surface area contributed by atoms with Crippen LogP contribution in [0.3, 0.4) is 0 Å². The third kappa shape index (κ3) is 4.37. The minimum absolute atomic E-state index is 0.0368. The Morgan fingerprint density at radius 2 is 2.00 bits per heavy atom. The zero-order valence-electron chi connectivity index (χ0n) is 14.8. The van der Waals surface area contributed by atoms with Crippen LogP contribution in [0, 0.1) is 11.3 Å². The zero-order valence-corrected chi connectivity index (χ0v) is 14.8. The molecule has 1 saturated carbocycles. The fraction of sp³-hybridized carbons (Fsp3) is 0.882. The molecular weight excluding hydrogens is 294 g/mol. The van der Waals surface area contributed by atoms with Crippen LogP contribution in [0.15, 0.2) is 0 Å². The van der Waals surface area contributed by atoms with Crippen molar-refractivity contribution in [3.63, 3.8) is 0 Å². The number of likely N-dealkylation sites (N-methyl/N-ethyl adjacent to an activating group) is 1. The summed E-state index contributed by atoms with van der Waals surface area (Å²) >= 11 is 0. The average molecular weight is 325 g/mol. The van der Waals surface area contributed by atoms with Gasteiger partial charge in [-0.1, -0.05) is 27.7 Å². The molecule has 0 radical (unpaired) electrons. The highest BCUT2D eigenvalue weighted by Gasteiger charge is 2.38. The highest BCUT2D eigenvalue weighted by Crippen LogP contribution is 2.34. The monoisotopic (exact) mass is 325 g/mol. The zero-order chi connectivity index (χ0) is 17.2. The maximum Gasteiger partial charge on any atom is 0.317 e. The van der Waals surface area contributed by atoms with Crippen LogP contribution < -0.4 is 5.32 Å². The number of carbonyl (C=O) groups is 2. The molecule has 0 spiro atoms. The van der Waals surface area contributed by atoms with Gasteiger partial charge in [0, 0.05) is 25.2 Å². The van der Waals surface area contributed by atoms with Gasteiger partial charge in [-0.05, 0) is 37.1 Å². The Morgan fingerprint density at radius 1 is 1.35 bits per heavy atom. The van der Waals surface area contributed by atoms with Gasteiger partial charge in [-0.3, -0.25) is 9.69 Å². The number of hydrogen-bond donors (Lipinski definition) is 2. The highest BCUT2D eigenvalue weighted by atomic mass is 16.4. The van der Waals surface area contributed by atoms with Crippen molar-refractivity contribution in [2.45, 2.75) is 59.0 Å². The molecule has 0 bridgehead atoms. The van der Waals surface area contributed by atoms with Crippen LogP contribution in [-0.2, 0) is 4.79 Å². The quantitative estimate of drug-likeness (QED) is 0.811. The van der Waals surface area contributed by atoms with E-state index in [-0.39, 0.29) is 30.1 Å². The largest absolute Gasteiger partial charge is 0.480 e. The summed E-state index contributed by atoms with van der Waals surface area (Å²) in [6.45, 7) is 11.1. The lowest BCUT2D eigenvalue weighted by Gasteiger charge is -2.45. The van der Waals surface area contributed by atoms with Crippen LogP contribution in [-0.4, -0.2) is 65.2 Å². The smallest absolute Gasteiger partial charge is 0.317 e. The number of nitrogens with zero attached hydrogens (tertiary/aromatic N) is 2. The second kappa shape index (κ2) is 7.07. The molecule has 2 rings (SSSR count). The minimum Gasteiger partial charge on any atom is -0.480 e. The Balaban J connectivity index is 1.77. The number of amides is 2. The van der Waals surface area contributed by atoms with E-state index in [4.69, 9.17) is 5.11 Å². The molecule has 132 valence electrons. The minimum atomic E-state index is -0.788. The van der Waals surface area contributed by atoms with Crippen LogP contribution in [0.2, 0.25) is 0 Å². The van der Waals surface area contributed by atoms with Crippen LogP contribution in [0.4, 0.5) is 4.79 Å². The van der Waals surface area contributed by atoms with Gasteiger partial charge in [-0.15, -0.1) is 0 Å². The van der Waals surface area contributed by atoms with E-state index >= 15 is 0 Å². The summed E-state index contributed by atoms with van der Waals surface area (Å²) in [5.41, 5.74) is 0.165. The number of urea groups is 1. The second-order valence-electron chi connectivity index (χ2n) is 7.83. The van der Waals surface area contributed by atoms with E-state index < -0.39 is 5.97 Å². The van der Waals surface area contributed by atoms with Gasteiger partial charge in [0.15, 0.2) is 0 Å². The summed E-state index contributed by atoms with van der Waals surface area (Å²) in [6, 6.07) is 0.492. The van der Waals surface area contributed by atoms with Crippen molar-refractivity contribution in [1.82, 2.24) is 15.1 Å². The SMILES string of the molecule is CCN(CC(=O)O)C1CC(NC(=O)N2CCC(C)C(C)(C)C2)C1. The first-order valence-electron chi connectivity index (χ1n) is 8.74. The van der Waals surface area contributed by atoms with Crippen molar-refractivity contribution in [2.24, 2.45) is 11.3 Å². The van der Waals surface area contributed by atoms with E-state index in [1.807, 2.05) is 16.7 Å². The molecule has 2 amide bonds. The molecule has 0 aromatic rings. The van der Waals surface area contributed by atoms with Crippen molar-refractivity contribution in [2.75, 3.05) is 26.2 Å². The van der Waals surface area contributed by atoms with Gasteiger partial charge in [-0.2, -0.15) is 0 Å². The van der Waals surface area contributed by atoms with E-state index in [0.29, 0.717) is 5.92 Å². The van der Waals surface area contributed by atoms with Crippen LogP contribution in [0.1, 0.15) is 47.0 Å². The second-order valence-corrected chi connectivity index (χ2v) is 7.83. The number of hydrogen-bond acceptors (Lipinski definition) is 3. The fourth-order valence-electron chi connectivity index (χ4n) is 3.58. The molecule has 2 aliphatic rings. The number of rotatable bonds is 5.